The number of nitro benzene ring substituents is 1. The molecule has 2 aliphatic carbocycles. The van der Waals surface area contributed by atoms with Crippen molar-refractivity contribution in [1.82, 2.24) is 4.90 Å². The summed E-state index contributed by atoms with van der Waals surface area (Å²) >= 11 is 0. The highest BCUT2D eigenvalue weighted by Crippen LogP contribution is 2.64. The third kappa shape index (κ3) is 3.10. The van der Waals surface area contributed by atoms with E-state index in [1.165, 1.54) is 24.3 Å². The Bertz CT molecular complexity index is 1250. The van der Waals surface area contributed by atoms with Crippen LogP contribution in [0.4, 0.5) is 10.5 Å². The van der Waals surface area contributed by atoms with Crippen molar-refractivity contribution in [2.75, 3.05) is 13.6 Å². The van der Waals surface area contributed by atoms with Crippen LogP contribution in [0.1, 0.15) is 30.4 Å². The van der Waals surface area contributed by atoms with Gasteiger partial charge >= 0.3 is 6.16 Å². The van der Waals surface area contributed by atoms with Gasteiger partial charge in [-0.25, -0.2) is 4.79 Å². The first-order chi connectivity index (χ1) is 16.2. The van der Waals surface area contributed by atoms with Crippen molar-refractivity contribution in [3.63, 3.8) is 0 Å². The molecule has 0 amide bonds. The second kappa shape index (κ2) is 7.91. The number of piperidine rings is 1. The number of ketones is 1. The van der Waals surface area contributed by atoms with Crippen LogP contribution in [0.2, 0.25) is 0 Å². The van der Waals surface area contributed by atoms with Crippen LogP contribution in [0.3, 0.4) is 0 Å². The van der Waals surface area contributed by atoms with E-state index in [1.54, 1.807) is 6.07 Å². The lowest BCUT2D eigenvalue weighted by Crippen LogP contribution is -2.76. The van der Waals surface area contributed by atoms with E-state index in [0.717, 1.165) is 11.1 Å². The molecule has 4 aliphatic rings. The van der Waals surface area contributed by atoms with Gasteiger partial charge in [0.15, 0.2) is 23.4 Å². The van der Waals surface area contributed by atoms with Gasteiger partial charge in [-0.05, 0) is 56.6 Å². The number of hydrogen-bond acceptors (Lipinski definition) is 9. The van der Waals surface area contributed by atoms with Crippen LogP contribution in [0.15, 0.2) is 36.4 Å². The molecule has 1 spiro atoms. The SMILES string of the molecule is CN1CC[C@]23c4c5ccc(OC(=O)Oc6ccc([N+](=O)[O-])cc6)c4O[C@H]2C(=O)CC[C@@]3(O)[C@H]1C5.Cl. The third-order valence-electron chi connectivity index (χ3n) is 7.95. The van der Waals surface area contributed by atoms with Gasteiger partial charge in [0.2, 0.25) is 0 Å². The molecule has 184 valence electrons. The zero-order valence-corrected chi connectivity index (χ0v) is 19.6. The van der Waals surface area contributed by atoms with Gasteiger partial charge in [-0.15, -0.1) is 12.4 Å². The van der Waals surface area contributed by atoms with Crippen LogP contribution in [-0.4, -0.2) is 58.2 Å². The van der Waals surface area contributed by atoms with Gasteiger partial charge in [0, 0.05) is 30.2 Å². The monoisotopic (exact) mass is 502 g/mol. The van der Waals surface area contributed by atoms with Crippen molar-refractivity contribution >= 4 is 30.0 Å². The summed E-state index contributed by atoms with van der Waals surface area (Å²) < 4.78 is 16.8. The predicted molar refractivity (Wildman–Crippen MR) is 123 cm³/mol. The number of likely N-dealkylation sites (N-methyl/N-ethyl adjacent to an activating group) is 1. The Kier molecular flexibility index (Phi) is 5.31. The minimum atomic E-state index is -1.12. The number of non-ortho nitro benzene ring substituents is 1. The van der Waals surface area contributed by atoms with Crippen molar-refractivity contribution in [2.45, 2.75) is 48.8 Å². The second-order valence-corrected chi connectivity index (χ2v) is 9.44. The minimum Gasteiger partial charge on any atom is -0.477 e. The molecule has 10 nitrogen and oxygen atoms in total. The van der Waals surface area contributed by atoms with Gasteiger partial charge in [0.25, 0.3) is 5.69 Å². The van der Waals surface area contributed by atoms with Crippen LogP contribution >= 0.6 is 12.4 Å². The van der Waals surface area contributed by atoms with E-state index in [2.05, 4.69) is 4.90 Å². The van der Waals surface area contributed by atoms with Crippen molar-refractivity contribution in [3.8, 4) is 17.2 Å². The number of hydrogen-bond donors (Lipinski definition) is 1. The van der Waals surface area contributed by atoms with Crippen LogP contribution in [0.25, 0.3) is 0 Å². The minimum absolute atomic E-state index is 0. The Balaban J connectivity index is 0.00000253. The van der Waals surface area contributed by atoms with Gasteiger partial charge in [0.05, 0.1) is 15.9 Å². The van der Waals surface area contributed by atoms with Gasteiger partial charge in [-0.3, -0.25) is 14.9 Å². The maximum atomic E-state index is 13.0. The number of aliphatic hydroxyl groups is 1. The van der Waals surface area contributed by atoms with E-state index in [9.17, 15) is 24.8 Å². The zero-order valence-electron chi connectivity index (χ0n) is 18.8. The lowest BCUT2D eigenvalue weighted by molar-refractivity contribution is -0.384. The second-order valence-electron chi connectivity index (χ2n) is 9.44. The van der Waals surface area contributed by atoms with Crippen LogP contribution in [0.5, 0.6) is 17.2 Å². The summed E-state index contributed by atoms with van der Waals surface area (Å²) in [6.07, 6.45) is -0.105. The average Bonchev–Trinajstić information content (AvgIpc) is 3.16. The first kappa shape index (κ1) is 23.5. The van der Waals surface area contributed by atoms with Gasteiger partial charge in [-0.1, -0.05) is 6.07 Å². The molecular weight excluding hydrogens is 480 g/mol. The number of carbonyl (C=O) groups is 2. The number of halogens is 1. The van der Waals surface area contributed by atoms with E-state index in [4.69, 9.17) is 14.2 Å². The number of likely N-dealkylation sites (tertiary alicyclic amines) is 1. The number of nitro groups is 1. The lowest BCUT2D eigenvalue weighted by atomic mass is 9.49. The maximum absolute atomic E-state index is 13.0. The summed E-state index contributed by atoms with van der Waals surface area (Å²) in [5.74, 6) is 0.444. The molecule has 1 saturated heterocycles. The zero-order chi connectivity index (χ0) is 23.8. The fourth-order valence-corrected chi connectivity index (χ4v) is 6.45. The number of benzene rings is 2. The highest BCUT2D eigenvalue weighted by atomic mass is 35.5. The Morgan fingerprint density at radius 2 is 1.94 bits per heavy atom. The van der Waals surface area contributed by atoms with Crippen molar-refractivity contribution in [2.24, 2.45) is 0 Å². The van der Waals surface area contributed by atoms with E-state index in [1.807, 2.05) is 13.1 Å². The largest absolute Gasteiger partial charge is 0.519 e. The smallest absolute Gasteiger partial charge is 0.477 e. The number of Topliss-reactive ketones (excluding diaryl/α,β-unsaturated/α-hetero) is 1. The summed E-state index contributed by atoms with van der Waals surface area (Å²) in [5, 5.41) is 22.8. The van der Waals surface area contributed by atoms with E-state index in [-0.39, 0.29) is 47.8 Å². The number of carbonyl (C=O) groups excluding carboxylic acids is 2. The summed E-state index contributed by atoms with van der Waals surface area (Å²) in [6, 6.07) is 8.38. The molecule has 6 rings (SSSR count). The maximum Gasteiger partial charge on any atom is 0.519 e. The highest BCUT2D eigenvalue weighted by molar-refractivity contribution is 5.90. The molecule has 0 radical (unpaired) electrons. The van der Waals surface area contributed by atoms with Crippen molar-refractivity contribution < 1.29 is 33.8 Å². The lowest BCUT2D eigenvalue weighted by Gasteiger charge is -2.61. The number of ether oxygens (including phenoxy) is 3. The quantitative estimate of drug-likeness (QED) is 0.291. The van der Waals surface area contributed by atoms with Crippen LogP contribution in [-0.2, 0) is 16.6 Å². The molecule has 0 aromatic heterocycles. The van der Waals surface area contributed by atoms with E-state index >= 15 is 0 Å². The Morgan fingerprint density at radius 3 is 2.66 bits per heavy atom. The van der Waals surface area contributed by atoms with Gasteiger partial charge in [-0.2, -0.15) is 0 Å². The molecule has 2 aromatic carbocycles. The van der Waals surface area contributed by atoms with Crippen molar-refractivity contribution in [3.05, 3.63) is 57.6 Å². The summed E-state index contributed by atoms with van der Waals surface area (Å²) in [6.45, 7) is 0.715. The normalized spacial score (nSPS) is 29.9. The standard InChI is InChI=1S/C24H22N2O8.ClH/c1-25-11-10-23-19-13-2-7-17(33-22(28)32-15-5-3-14(4-6-15)26(30)31)20(19)34-21(23)16(27)8-9-24(23,29)18(25)12-13;/h2-7,18,21,29H,8-12H2,1H3;1H/t18-,21+,23+,24-;/m1./s1. The summed E-state index contributed by atoms with van der Waals surface area (Å²) in [5.41, 5.74) is -0.381. The molecule has 2 fully saturated rings. The Morgan fingerprint density at radius 1 is 1.20 bits per heavy atom. The molecule has 0 unspecified atom stereocenters. The molecule has 2 bridgehead atoms. The molecule has 1 saturated carbocycles. The molecule has 2 aromatic rings. The fraction of sp³-hybridized carbons (Fsp3) is 0.417. The summed E-state index contributed by atoms with van der Waals surface area (Å²) in [4.78, 5) is 37.9. The third-order valence-corrected chi connectivity index (χ3v) is 7.95. The van der Waals surface area contributed by atoms with Gasteiger partial charge in [0.1, 0.15) is 5.75 Å². The van der Waals surface area contributed by atoms with Gasteiger partial charge < -0.3 is 24.2 Å². The average molecular weight is 503 g/mol. The highest BCUT2D eigenvalue weighted by Gasteiger charge is 2.72. The molecule has 4 atom stereocenters. The van der Waals surface area contributed by atoms with Crippen LogP contribution < -0.4 is 14.2 Å². The topological polar surface area (TPSA) is 128 Å². The molecular formula is C24H23ClN2O8. The van der Waals surface area contributed by atoms with Crippen LogP contribution in [0, 0.1) is 10.1 Å². The Labute approximate surface area is 206 Å². The first-order valence-electron chi connectivity index (χ1n) is 11.2. The molecule has 2 heterocycles. The molecule has 11 heteroatoms. The molecule has 35 heavy (non-hydrogen) atoms. The van der Waals surface area contributed by atoms with E-state index < -0.39 is 28.2 Å². The first-order valence-corrected chi connectivity index (χ1v) is 11.2. The van der Waals surface area contributed by atoms with Crippen molar-refractivity contribution in [1.29, 1.82) is 0 Å². The predicted octanol–water partition coefficient (Wildman–Crippen LogP) is 2.95. The van der Waals surface area contributed by atoms with E-state index in [0.29, 0.717) is 31.6 Å². The Hall–Kier alpha value is -3.21. The fourth-order valence-electron chi connectivity index (χ4n) is 6.45. The molecule has 1 N–H and O–H groups in total. The molecule has 2 aliphatic heterocycles. The number of rotatable bonds is 3. The summed E-state index contributed by atoms with van der Waals surface area (Å²) in [7, 11) is 1.99. The number of nitrogens with zero attached hydrogens (tertiary/aromatic N) is 2.